The molecule has 0 aromatic rings. The zero-order valence-electron chi connectivity index (χ0n) is 19.7. The monoisotopic (exact) mass is 463 g/mol. The van der Waals surface area contributed by atoms with Crippen LogP contribution in [-0.4, -0.2) is 55.5 Å². The van der Waals surface area contributed by atoms with E-state index in [1.165, 1.54) is 7.11 Å². The molecule has 0 heterocycles. The maximum Gasteiger partial charge on any atom is 0.328 e. The van der Waals surface area contributed by atoms with Crippen LogP contribution in [0.4, 0.5) is 0 Å². The number of fused-ring (bicyclic) bond motifs is 3. The van der Waals surface area contributed by atoms with Crippen LogP contribution in [0.2, 0.25) is 0 Å². The maximum atomic E-state index is 13.3. The van der Waals surface area contributed by atoms with Crippen LogP contribution in [0.3, 0.4) is 0 Å². The fraction of sp³-hybridized carbons (Fsp3) is 0.750. The topological polar surface area (TPSA) is 133 Å². The number of Topliss-reactive ketones (excluding diaryl/α,β-unsaturated/α-hetero) is 3. The van der Waals surface area contributed by atoms with E-state index in [-0.39, 0.29) is 54.9 Å². The second-order valence-electron chi connectivity index (χ2n) is 10.1. The summed E-state index contributed by atoms with van der Waals surface area (Å²) in [6.45, 7) is 3.64. The third kappa shape index (κ3) is 4.46. The van der Waals surface area contributed by atoms with Gasteiger partial charge in [0.1, 0.15) is 23.4 Å². The van der Waals surface area contributed by atoms with Crippen LogP contribution < -0.4 is 5.32 Å². The summed E-state index contributed by atoms with van der Waals surface area (Å²) in [7, 11) is 2.32. The van der Waals surface area contributed by atoms with Crippen molar-refractivity contribution in [2.24, 2.45) is 28.6 Å². The number of carbonyl (C=O) groups is 6. The first-order chi connectivity index (χ1) is 15.5. The number of hydrogen-bond acceptors (Lipinski definition) is 8. The number of esters is 2. The molecule has 0 spiro atoms. The van der Waals surface area contributed by atoms with E-state index in [9.17, 15) is 28.8 Å². The molecule has 0 aliphatic heterocycles. The third-order valence-electron chi connectivity index (χ3n) is 8.29. The Kier molecular flexibility index (Phi) is 7.10. The Morgan fingerprint density at radius 2 is 1.70 bits per heavy atom. The molecule has 3 aliphatic carbocycles. The van der Waals surface area contributed by atoms with Crippen molar-refractivity contribution in [3.05, 3.63) is 0 Å². The predicted octanol–water partition coefficient (Wildman–Crippen LogP) is 1.55. The molecule has 3 rings (SSSR count). The Hall–Kier alpha value is -2.58. The highest BCUT2D eigenvalue weighted by atomic mass is 16.5. The largest absolute Gasteiger partial charge is 0.469 e. The molecule has 6 unspecified atom stereocenters. The standard InChI is InChI=1S/C24H33NO8/c1-23(10-9-19(29)25-15(22(31)33-4)11-20(30)32-3)17(27)7-5-13-14-6-8-18(28)24(14,2)12-16(26)21(13)23/h13-15,21H,5-12H2,1-4H3,(H,25,29). The van der Waals surface area contributed by atoms with Gasteiger partial charge in [-0.15, -0.1) is 0 Å². The molecule has 6 atom stereocenters. The Labute approximate surface area is 193 Å². The molecule has 0 aromatic carbocycles. The molecule has 3 fully saturated rings. The lowest BCUT2D eigenvalue weighted by atomic mass is 9.48. The number of ether oxygens (including phenoxy) is 2. The van der Waals surface area contributed by atoms with Crippen molar-refractivity contribution >= 4 is 35.2 Å². The number of nitrogens with one attached hydrogen (secondary N) is 1. The summed E-state index contributed by atoms with van der Waals surface area (Å²) < 4.78 is 9.20. The van der Waals surface area contributed by atoms with Gasteiger partial charge in [0.05, 0.1) is 20.6 Å². The van der Waals surface area contributed by atoms with E-state index in [1.807, 2.05) is 6.92 Å². The van der Waals surface area contributed by atoms with Gasteiger partial charge in [-0.25, -0.2) is 4.79 Å². The molecule has 1 amide bonds. The van der Waals surface area contributed by atoms with E-state index in [1.54, 1.807) is 6.92 Å². The van der Waals surface area contributed by atoms with Gasteiger partial charge < -0.3 is 14.8 Å². The van der Waals surface area contributed by atoms with Gasteiger partial charge in [0.2, 0.25) is 5.91 Å². The highest BCUT2D eigenvalue weighted by molar-refractivity contribution is 5.99. The van der Waals surface area contributed by atoms with E-state index in [0.29, 0.717) is 19.3 Å². The molecule has 9 nitrogen and oxygen atoms in total. The van der Waals surface area contributed by atoms with Gasteiger partial charge in [0, 0.05) is 42.4 Å². The van der Waals surface area contributed by atoms with Gasteiger partial charge >= 0.3 is 11.9 Å². The summed E-state index contributed by atoms with van der Waals surface area (Å²) in [4.78, 5) is 75.0. The van der Waals surface area contributed by atoms with Crippen molar-refractivity contribution < 1.29 is 38.2 Å². The van der Waals surface area contributed by atoms with E-state index >= 15 is 0 Å². The van der Waals surface area contributed by atoms with Gasteiger partial charge in [0.15, 0.2) is 0 Å². The SMILES string of the molecule is COC(=O)CC(NC(=O)CCC1(C)C(=O)CCC2C3CCC(=O)C3(C)CC(=O)C21)C(=O)OC. The molecular formula is C24H33NO8. The van der Waals surface area contributed by atoms with Crippen LogP contribution >= 0.6 is 0 Å². The number of carbonyl (C=O) groups excluding carboxylic acids is 6. The maximum absolute atomic E-state index is 13.3. The first-order valence-corrected chi connectivity index (χ1v) is 11.5. The van der Waals surface area contributed by atoms with E-state index < -0.39 is 40.6 Å². The van der Waals surface area contributed by atoms with Crippen LogP contribution in [0.15, 0.2) is 0 Å². The minimum Gasteiger partial charge on any atom is -0.469 e. The number of amides is 1. The molecular weight excluding hydrogens is 430 g/mol. The number of methoxy groups -OCH3 is 2. The van der Waals surface area contributed by atoms with E-state index in [4.69, 9.17) is 0 Å². The first kappa shape index (κ1) is 25.1. The van der Waals surface area contributed by atoms with E-state index in [0.717, 1.165) is 13.5 Å². The van der Waals surface area contributed by atoms with Crippen molar-refractivity contribution in [3.8, 4) is 0 Å². The van der Waals surface area contributed by atoms with Gasteiger partial charge in [-0.1, -0.05) is 13.8 Å². The molecule has 0 bridgehead atoms. The molecule has 3 saturated carbocycles. The number of rotatable bonds is 7. The summed E-state index contributed by atoms with van der Waals surface area (Å²) in [6, 6.07) is -1.20. The Morgan fingerprint density at radius 3 is 2.33 bits per heavy atom. The van der Waals surface area contributed by atoms with E-state index in [2.05, 4.69) is 14.8 Å². The smallest absolute Gasteiger partial charge is 0.328 e. The first-order valence-electron chi connectivity index (χ1n) is 11.5. The predicted molar refractivity (Wildman–Crippen MR) is 115 cm³/mol. The van der Waals surface area contributed by atoms with Gasteiger partial charge in [-0.2, -0.15) is 0 Å². The van der Waals surface area contributed by atoms with Gasteiger partial charge in [-0.05, 0) is 31.1 Å². The molecule has 33 heavy (non-hydrogen) atoms. The zero-order valence-corrected chi connectivity index (χ0v) is 19.7. The van der Waals surface area contributed by atoms with Crippen LogP contribution in [0.1, 0.15) is 65.2 Å². The Balaban J connectivity index is 1.74. The van der Waals surface area contributed by atoms with Crippen molar-refractivity contribution in [1.29, 1.82) is 0 Å². The summed E-state index contributed by atoms with van der Waals surface area (Å²) >= 11 is 0. The van der Waals surface area contributed by atoms with Crippen LogP contribution in [0.25, 0.3) is 0 Å². The number of hydrogen-bond donors (Lipinski definition) is 1. The summed E-state index contributed by atoms with van der Waals surface area (Å²) in [5.41, 5.74) is -1.65. The molecule has 1 N–H and O–H groups in total. The van der Waals surface area contributed by atoms with Crippen molar-refractivity contribution in [2.45, 2.75) is 71.3 Å². The molecule has 182 valence electrons. The summed E-state index contributed by atoms with van der Waals surface area (Å²) in [5, 5.41) is 2.48. The van der Waals surface area contributed by atoms with Crippen molar-refractivity contribution in [3.63, 3.8) is 0 Å². The fourth-order valence-corrected chi connectivity index (χ4v) is 6.43. The normalized spacial score (nSPS) is 34.2. The lowest BCUT2D eigenvalue weighted by molar-refractivity contribution is -0.160. The van der Waals surface area contributed by atoms with Crippen LogP contribution in [0.5, 0.6) is 0 Å². The Bertz CT molecular complexity index is 882. The van der Waals surface area contributed by atoms with Gasteiger partial charge in [-0.3, -0.25) is 24.0 Å². The minimum atomic E-state index is -1.20. The highest BCUT2D eigenvalue weighted by Gasteiger charge is 2.62. The number of ketones is 3. The fourth-order valence-electron chi connectivity index (χ4n) is 6.43. The molecule has 0 saturated heterocycles. The molecule has 0 aromatic heterocycles. The average Bonchev–Trinajstić information content (AvgIpc) is 3.07. The van der Waals surface area contributed by atoms with Gasteiger partial charge in [0.25, 0.3) is 0 Å². The second kappa shape index (κ2) is 9.35. The van der Waals surface area contributed by atoms with Crippen molar-refractivity contribution in [1.82, 2.24) is 5.32 Å². The average molecular weight is 464 g/mol. The zero-order chi connectivity index (χ0) is 24.6. The second-order valence-corrected chi connectivity index (χ2v) is 10.1. The Morgan fingerprint density at radius 1 is 1.03 bits per heavy atom. The molecule has 3 aliphatic rings. The minimum absolute atomic E-state index is 0.0445. The van der Waals surface area contributed by atoms with Crippen molar-refractivity contribution in [2.75, 3.05) is 14.2 Å². The quantitative estimate of drug-likeness (QED) is 0.562. The third-order valence-corrected chi connectivity index (χ3v) is 8.29. The lowest BCUT2D eigenvalue weighted by Gasteiger charge is -2.52. The molecule has 0 radical (unpaired) electrons. The molecule has 9 heteroatoms. The highest BCUT2D eigenvalue weighted by Crippen LogP contribution is 2.60. The van der Waals surface area contributed by atoms with Crippen LogP contribution in [-0.2, 0) is 38.2 Å². The van der Waals surface area contributed by atoms with Crippen LogP contribution in [0, 0.1) is 28.6 Å². The summed E-state index contributed by atoms with van der Waals surface area (Å²) in [6.07, 6.45) is 1.96. The summed E-state index contributed by atoms with van der Waals surface area (Å²) in [5.74, 6) is -2.42. The lowest BCUT2D eigenvalue weighted by Crippen LogP contribution is -2.56.